The molecular formula is C24H51O3P. The minimum atomic E-state index is -2.73. The van der Waals surface area contributed by atoms with Gasteiger partial charge in [-0.3, -0.25) is 4.57 Å². The van der Waals surface area contributed by atoms with E-state index in [1.54, 1.807) is 0 Å². The first-order valence-electron chi connectivity index (χ1n) is 12.4. The van der Waals surface area contributed by atoms with Crippen LogP contribution in [0.1, 0.15) is 130 Å². The van der Waals surface area contributed by atoms with E-state index in [4.69, 9.17) is 9.42 Å². The summed E-state index contributed by atoms with van der Waals surface area (Å²) in [4.78, 5) is 8.67. The molecule has 0 bridgehead atoms. The lowest BCUT2D eigenvalue weighted by atomic mass is 9.79. The third-order valence-electron chi connectivity index (χ3n) is 6.40. The van der Waals surface area contributed by atoms with Crippen LogP contribution in [0.25, 0.3) is 0 Å². The van der Waals surface area contributed by atoms with Crippen molar-refractivity contribution < 1.29 is 14.0 Å². The van der Waals surface area contributed by atoms with Crippen LogP contribution in [0.15, 0.2) is 0 Å². The molecule has 0 aliphatic carbocycles. The zero-order valence-corrected chi connectivity index (χ0v) is 20.5. The van der Waals surface area contributed by atoms with Crippen LogP contribution in [-0.2, 0) is 9.09 Å². The molecule has 0 aliphatic rings. The third-order valence-corrected chi connectivity index (χ3v) is 6.85. The maximum atomic E-state index is 10.5. The van der Waals surface area contributed by atoms with Crippen molar-refractivity contribution in [3.05, 3.63) is 0 Å². The molecule has 3 atom stereocenters. The van der Waals surface area contributed by atoms with Gasteiger partial charge in [-0.15, -0.1) is 0 Å². The van der Waals surface area contributed by atoms with Crippen LogP contribution < -0.4 is 0 Å². The maximum Gasteiger partial charge on any atom is 0.316 e. The Labute approximate surface area is 177 Å². The molecule has 0 aromatic carbocycles. The smallest absolute Gasteiger partial charge is 0.316 e. The van der Waals surface area contributed by atoms with Crippen molar-refractivity contribution in [2.45, 2.75) is 130 Å². The average Bonchev–Trinajstić information content (AvgIpc) is 2.69. The van der Waals surface area contributed by atoms with Gasteiger partial charge in [0, 0.05) is 0 Å². The number of rotatable bonds is 21. The second kappa shape index (κ2) is 20.4. The third kappa shape index (κ3) is 17.0. The highest BCUT2D eigenvalue weighted by Gasteiger charge is 2.19. The van der Waals surface area contributed by atoms with Crippen molar-refractivity contribution >= 4 is 8.25 Å². The molecule has 0 aromatic heterocycles. The molecule has 3 unspecified atom stereocenters. The normalized spacial score (nSPS) is 16.0. The molecule has 0 aliphatic heterocycles. The lowest BCUT2D eigenvalue weighted by molar-refractivity contribution is 0.253. The van der Waals surface area contributed by atoms with Gasteiger partial charge in [-0.1, -0.05) is 111 Å². The first kappa shape index (κ1) is 28.1. The molecule has 0 rings (SSSR count). The Morgan fingerprint density at radius 3 is 1.61 bits per heavy atom. The maximum absolute atomic E-state index is 10.5. The van der Waals surface area contributed by atoms with Crippen LogP contribution >= 0.6 is 8.25 Å². The number of unbranched alkanes of at least 4 members (excludes halogenated alkanes) is 6. The highest BCUT2D eigenvalue weighted by molar-refractivity contribution is 7.32. The summed E-state index contributed by atoms with van der Waals surface area (Å²) in [5, 5.41) is 0. The summed E-state index contributed by atoms with van der Waals surface area (Å²) in [6.45, 7) is 9.82. The van der Waals surface area contributed by atoms with E-state index in [2.05, 4.69) is 27.7 Å². The van der Waals surface area contributed by atoms with Crippen molar-refractivity contribution in [3.63, 3.8) is 0 Å². The Balaban J connectivity index is 4.32. The summed E-state index contributed by atoms with van der Waals surface area (Å²) in [5.74, 6) is 2.76. The quantitative estimate of drug-likeness (QED) is 0.150. The molecule has 170 valence electrons. The fourth-order valence-corrected chi connectivity index (χ4v) is 4.78. The van der Waals surface area contributed by atoms with Gasteiger partial charge in [0.25, 0.3) is 0 Å². The Kier molecular flexibility index (Phi) is 20.5. The predicted molar refractivity (Wildman–Crippen MR) is 124 cm³/mol. The SMILES string of the molecule is CCCCC(CC)CC(CCCCCCCO[PH](=O)O)CC(CC)CCCC. The van der Waals surface area contributed by atoms with Gasteiger partial charge in [0.1, 0.15) is 0 Å². The second-order valence-electron chi connectivity index (χ2n) is 8.84. The molecule has 4 heteroatoms. The number of hydrogen-bond donors (Lipinski definition) is 1. The van der Waals surface area contributed by atoms with E-state index in [-0.39, 0.29) is 0 Å². The summed E-state index contributed by atoms with van der Waals surface area (Å²) in [5.41, 5.74) is 0. The highest BCUT2D eigenvalue weighted by atomic mass is 31.1. The molecule has 0 amide bonds. The van der Waals surface area contributed by atoms with Crippen LogP contribution in [0.2, 0.25) is 0 Å². The van der Waals surface area contributed by atoms with E-state index in [1.165, 1.54) is 89.9 Å². The van der Waals surface area contributed by atoms with Crippen molar-refractivity contribution in [1.29, 1.82) is 0 Å². The van der Waals surface area contributed by atoms with E-state index in [0.717, 1.165) is 30.6 Å². The van der Waals surface area contributed by atoms with Crippen molar-refractivity contribution in [3.8, 4) is 0 Å². The lowest BCUT2D eigenvalue weighted by Crippen LogP contribution is -2.14. The van der Waals surface area contributed by atoms with Crippen LogP contribution in [0, 0.1) is 17.8 Å². The van der Waals surface area contributed by atoms with Crippen LogP contribution in [-0.4, -0.2) is 11.5 Å². The van der Waals surface area contributed by atoms with E-state index in [1.807, 2.05) is 0 Å². The van der Waals surface area contributed by atoms with Crippen LogP contribution in [0.3, 0.4) is 0 Å². The monoisotopic (exact) mass is 418 g/mol. The molecular weight excluding hydrogens is 367 g/mol. The summed E-state index contributed by atoms with van der Waals surface area (Å²) in [6.07, 6.45) is 21.1. The van der Waals surface area contributed by atoms with Gasteiger partial charge in [0.05, 0.1) is 6.61 Å². The standard InChI is InChI=1S/C24H51O3P/c1-5-9-16-22(7-3)20-24(21-23(8-4)17-10-6-2)18-14-12-11-13-15-19-27-28(25)26/h22-24,28H,5-21H2,1-4H3,(H,25,26). The van der Waals surface area contributed by atoms with Gasteiger partial charge in [-0.25, -0.2) is 0 Å². The Bertz CT molecular complexity index is 331. The predicted octanol–water partition coefficient (Wildman–Crippen LogP) is 8.55. The molecule has 0 aromatic rings. The van der Waals surface area contributed by atoms with Gasteiger partial charge >= 0.3 is 8.25 Å². The molecule has 0 saturated carbocycles. The minimum Gasteiger partial charge on any atom is -0.326 e. The second-order valence-corrected chi connectivity index (χ2v) is 9.66. The number of hydrogen-bond acceptors (Lipinski definition) is 2. The Morgan fingerprint density at radius 2 is 1.14 bits per heavy atom. The largest absolute Gasteiger partial charge is 0.326 e. The first-order chi connectivity index (χ1) is 13.6. The van der Waals surface area contributed by atoms with Gasteiger partial charge < -0.3 is 9.42 Å². The van der Waals surface area contributed by atoms with Crippen LogP contribution in [0.5, 0.6) is 0 Å². The minimum absolute atomic E-state index is 0.433. The zero-order valence-electron chi connectivity index (χ0n) is 19.5. The molecule has 0 radical (unpaired) electrons. The van der Waals surface area contributed by atoms with E-state index in [0.29, 0.717) is 6.61 Å². The Morgan fingerprint density at radius 1 is 0.679 bits per heavy atom. The van der Waals surface area contributed by atoms with Gasteiger partial charge in [-0.05, 0) is 37.0 Å². The van der Waals surface area contributed by atoms with Crippen LogP contribution in [0.4, 0.5) is 0 Å². The van der Waals surface area contributed by atoms with Gasteiger partial charge in [0.15, 0.2) is 0 Å². The topological polar surface area (TPSA) is 46.5 Å². The zero-order chi connectivity index (χ0) is 21.0. The van der Waals surface area contributed by atoms with E-state index < -0.39 is 8.25 Å². The van der Waals surface area contributed by atoms with Gasteiger partial charge in [-0.2, -0.15) is 0 Å². The molecule has 0 saturated heterocycles. The summed E-state index contributed by atoms with van der Waals surface area (Å²) in [6, 6.07) is 0. The summed E-state index contributed by atoms with van der Waals surface area (Å²) >= 11 is 0. The fraction of sp³-hybridized carbons (Fsp3) is 1.00. The van der Waals surface area contributed by atoms with E-state index in [9.17, 15) is 4.57 Å². The molecule has 3 nitrogen and oxygen atoms in total. The van der Waals surface area contributed by atoms with Crippen molar-refractivity contribution in [2.24, 2.45) is 17.8 Å². The molecule has 28 heavy (non-hydrogen) atoms. The van der Waals surface area contributed by atoms with Gasteiger partial charge in [0.2, 0.25) is 0 Å². The van der Waals surface area contributed by atoms with E-state index >= 15 is 0 Å². The lowest BCUT2D eigenvalue weighted by Gasteiger charge is -2.27. The Hall–Kier alpha value is 0.150. The first-order valence-corrected chi connectivity index (χ1v) is 13.7. The molecule has 0 fully saturated rings. The molecule has 0 heterocycles. The van der Waals surface area contributed by atoms with Crippen molar-refractivity contribution in [2.75, 3.05) is 6.61 Å². The highest BCUT2D eigenvalue weighted by Crippen LogP contribution is 2.32. The fourth-order valence-electron chi connectivity index (χ4n) is 4.46. The molecule has 0 spiro atoms. The summed E-state index contributed by atoms with van der Waals surface area (Å²) < 4.78 is 15.3. The van der Waals surface area contributed by atoms with Crippen molar-refractivity contribution in [1.82, 2.24) is 0 Å². The average molecular weight is 419 g/mol. The molecule has 1 N–H and O–H groups in total. The summed E-state index contributed by atoms with van der Waals surface area (Å²) in [7, 11) is -2.73.